The minimum atomic E-state index is -4.43. The summed E-state index contributed by atoms with van der Waals surface area (Å²) in [5.74, 6) is 0. The lowest BCUT2D eigenvalue weighted by molar-refractivity contribution is 0.484. The van der Waals surface area contributed by atoms with Crippen molar-refractivity contribution in [2.75, 3.05) is 5.73 Å². The van der Waals surface area contributed by atoms with Crippen molar-refractivity contribution in [3.05, 3.63) is 42.0 Å². The molecule has 1 heterocycles. The van der Waals surface area contributed by atoms with Gasteiger partial charge in [0.25, 0.3) is 10.1 Å². The van der Waals surface area contributed by atoms with E-state index in [4.69, 9.17) is 5.73 Å². The molecule has 3 rings (SSSR count). The molecular formula is C13H12N4O3S. The number of anilines is 1. The molecule has 0 saturated heterocycles. The zero-order valence-electron chi connectivity index (χ0n) is 11.1. The van der Waals surface area contributed by atoms with Crippen molar-refractivity contribution in [3.8, 4) is 5.69 Å². The largest absolute Gasteiger partial charge is 0.398 e. The monoisotopic (exact) mass is 304 g/mol. The maximum Gasteiger partial charge on any atom is 0.296 e. The van der Waals surface area contributed by atoms with E-state index in [-0.39, 0.29) is 16.1 Å². The van der Waals surface area contributed by atoms with Crippen LogP contribution in [-0.2, 0) is 10.1 Å². The smallest absolute Gasteiger partial charge is 0.296 e. The van der Waals surface area contributed by atoms with Crippen LogP contribution in [-0.4, -0.2) is 28.0 Å². The highest BCUT2D eigenvalue weighted by Gasteiger charge is 2.21. The van der Waals surface area contributed by atoms with Gasteiger partial charge in [0.15, 0.2) is 0 Å². The first-order chi connectivity index (χ1) is 9.88. The van der Waals surface area contributed by atoms with Gasteiger partial charge in [-0.05, 0) is 25.1 Å². The van der Waals surface area contributed by atoms with Crippen LogP contribution in [0.15, 0.2) is 41.3 Å². The Morgan fingerprint density at radius 3 is 2.38 bits per heavy atom. The average molecular weight is 304 g/mol. The third-order valence-electron chi connectivity index (χ3n) is 3.19. The number of hydrogen-bond acceptors (Lipinski definition) is 5. The first kappa shape index (κ1) is 13.5. The van der Waals surface area contributed by atoms with Gasteiger partial charge in [-0.2, -0.15) is 13.2 Å². The molecule has 0 fully saturated rings. The van der Waals surface area contributed by atoms with Crippen molar-refractivity contribution in [1.29, 1.82) is 0 Å². The number of para-hydroxylation sites is 1. The number of nitrogens with two attached hydrogens (primary N) is 1. The fourth-order valence-corrected chi connectivity index (χ4v) is 2.71. The van der Waals surface area contributed by atoms with Crippen LogP contribution < -0.4 is 5.73 Å². The van der Waals surface area contributed by atoms with Crippen LogP contribution in [0.2, 0.25) is 0 Å². The third-order valence-corrected chi connectivity index (χ3v) is 4.05. The Kier molecular flexibility index (Phi) is 2.92. The molecule has 0 radical (unpaired) electrons. The number of aryl methyl sites for hydroxylation is 1. The second-order valence-corrected chi connectivity index (χ2v) is 5.98. The summed E-state index contributed by atoms with van der Waals surface area (Å²) >= 11 is 0. The van der Waals surface area contributed by atoms with Crippen LogP contribution in [0, 0.1) is 6.92 Å². The minimum Gasteiger partial charge on any atom is -0.398 e. The van der Waals surface area contributed by atoms with Gasteiger partial charge in [-0.1, -0.05) is 18.2 Å². The molecule has 3 aromatic rings. The summed E-state index contributed by atoms with van der Waals surface area (Å²) in [6.45, 7) is 1.72. The van der Waals surface area contributed by atoms with Crippen molar-refractivity contribution < 1.29 is 13.0 Å². The Bertz CT molecular complexity index is 933. The predicted octanol–water partition coefficient (Wildman–Crippen LogP) is 1.56. The fraction of sp³-hybridized carbons (Fsp3) is 0.0769. The van der Waals surface area contributed by atoms with Crippen molar-refractivity contribution in [2.45, 2.75) is 11.8 Å². The molecule has 2 aromatic carbocycles. The van der Waals surface area contributed by atoms with E-state index in [9.17, 15) is 13.0 Å². The summed E-state index contributed by atoms with van der Waals surface area (Å²) in [5.41, 5.74) is 7.73. The third kappa shape index (κ3) is 2.24. The van der Waals surface area contributed by atoms with Crippen molar-refractivity contribution >= 4 is 26.8 Å². The van der Waals surface area contributed by atoms with Gasteiger partial charge in [-0.15, -0.1) is 10.2 Å². The molecule has 0 saturated carbocycles. The van der Waals surface area contributed by atoms with Crippen LogP contribution in [0.3, 0.4) is 0 Å². The highest BCUT2D eigenvalue weighted by molar-refractivity contribution is 7.86. The lowest BCUT2D eigenvalue weighted by Gasteiger charge is -2.03. The van der Waals surface area contributed by atoms with Gasteiger partial charge in [0.2, 0.25) is 0 Å². The molecule has 0 unspecified atom stereocenters. The average Bonchev–Trinajstić information content (AvgIpc) is 2.88. The number of benzene rings is 2. The Hall–Kier alpha value is -2.45. The molecule has 0 aliphatic heterocycles. The van der Waals surface area contributed by atoms with Crippen LogP contribution in [0.25, 0.3) is 16.7 Å². The first-order valence-electron chi connectivity index (χ1n) is 6.07. The maximum absolute atomic E-state index is 11.5. The van der Waals surface area contributed by atoms with E-state index < -0.39 is 10.1 Å². The Morgan fingerprint density at radius 1 is 1.14 bits per heavy atom. The Balaban J connectivity index is 2.38. The lowest BCUT2D eigenvalue weighted by Crippen LogP contribution is -2.02. The highest BCUT2D eigenvalue weighted by atomic mass is 32.2. The topological polar surface area (TPSA) is 111 Å². The number of rotatable bonds is 2. The van der Waals surface area contributed by atoms with Crippen LogP contribution >= 0.6 is 0 Å². The molecular weight excluding hydrogens is 292 g/mol. The lowest BCUT2D eigenvalue weighted by atomic mass is 10.1. The predicted molar refractivity (Wildman–Crippen MR) is 77.8 cm³/mol. The Labute approximate surface area is 120 Å². The van der Waals surface area contributed by atoms with Crippen LogP contribution in [0.4, 0.5) is 5.69 Å². The fourth-order valence-electron chi connectivity index (χ4n) is 2.05. The first-order valence-corrected chi connectivity index (χ1v) is 7.51. The molecule has 0 amide bonds. The van der Waals surface area contributed by atoms with E-state index in [0.717, 1.165) is 0 Å². The standard InChI is InChI=1S/C13H12N4O3S/c1-8-10(14)7-11(21(18,19)20)13-12(8)15-17(16-13)9-5-3-2-4-6-9/h2-7H,14H2,1H3,(H,18,19,20). The van der Waals surface area contributed by atoms with Crippen molar-refractivity contribution in [3.63, 3.8) is 0 Å². The van der Waals surface area contributed by atoms with Gasteiger partial charge in [-0.25, -0.2) is 0 Å². The van der Waals surface area contributed by atoms with Gasteiger partial charge in [0.1, 0.15) is 15.9 Å². The molecule has 0 aliphatic rings. The zero-order valence-corrected chi connectivity index (χ0v) is 11.9. The van der Waals surface area contributed by atoms with Gasteiger partial charge in [-0.3, -0.25) is 4.55 Å². The van der Waals surface area contributed by atoms with Crippen LogP contribution in [0.1, 0.15) is 5.56 Å². The SMILES string of the molecule is Cc1c(N)cc(S(=O)(=O)O)c2nn(-c3ccccc3)nc12. The number of nitrogen functional groups attached to an aromatic ring is 1. The highest BCUT2D eigenvalue weighted by Crippen LogP contribution is 2.28. The minimum absolute atomic E-state index is 0.0908. The molecule has 0 aliphatic carbocycles. The Morgan fingerprint density at radius 2 is 1.76 bits per heavy atom. The normalized spacial score (nSPS) is 11.9. The van der Waals surface area contributed by atoms with E-state index in [2.05, 4.69) is 10.2 Å². The zero-order chi connectivity index (χ0) is 15.2. The summed E-state index contributed by atoms with van der Waals surface area (Å²) in [6, 6.07) is 10.2. The quantitative estimate of drug-likeness (QED) is 0.549. The molecule has 1 aromatic heterocycles. The molecule has 21 heavy (non-hydrogen) atoms. The van der Waals surface area contributed by atoms with Crippen molar-refractivity contribution in [2.24, 2.45) is 0 Å². The summed E-state index contributed by atoms with van der Waals surface area (Å²) in [7, 11) is -4.43. The van der Waals surface area contributed by atoms with Crippen molar-refractivity contribution in [1.82, 2.24) is 15.0 Å². The van der Waals surface area contributed by atoms with Crippen LogP contribution in [0.5, 0.6) is 0 Å². The maximum atomic E-state index is 11.5. The molecule has 108 valence electrons. The van der Waals surface area contributed by atoms with Gasteiger partial charge >= 0.3 is 0 Å². The molecule has 8 heteroatoms. The number of nitrogens with zero attached hydrogens (tertiary/aromatic N) is 3. The van der Waals surface area contributed by atoms with E-state index in [0.29, 0.717) is 16.8 Å². The number of hydrogen-bond donors (Lipinski definition) is 2. The van der Waals surface area contributed by atoms with Gasteiger partial charge in [0, 0.05) is 11.3 Å². The molecule has 7 nitrogen and oxygen atoms in total. The van der Waals surface area contributed by atoms with E-state index in [1.807, 2.05) is 18.2 Å². The second kappa shape index (κ2) is 4.54. The molecule has 0 bridgehead atoms. The second-order valence-electron chi connectivity index (χ2n) is 4.59. The number of fused-ring (bicyclic) bond motifs is 1. The van der Waals surface area contributed by atoms with Gasteiger partial charge < -0.3 is 5.73 Å². The molecule has 3 N–H and O–H groups in total. The van der Waals surface area contributed by atoms with E-state index in [1.165, 1.54) is 10.9 Å². The number of aromatic nitrogens is 3. The summed E-state index contributed by atoms with van der Waals surface area (Å²) < 4.78 is 32.3. The van der Waals surface area contributed by atoms with Gasteiger partial charge in [0.05, 0.1) is 5.69 Å². The molecule has 0 spiro atoms. The summed E-state index contributed by atoms with van der Waals surface area (Å²) in [6.07, 6.45) is 0. The summed E-state index contributed by atoms with van der Waals surface area (Å²) in [5, 5.41) is 8.43. The van der Waals surface area contributed by atoms with E-state index in [1.54, 1.807) is 19.1 Å². The van der Waals surface area contributed by atoms with E-state index >= 15 is 0 Å². The molecule has 0 atom stereocenters. The summed E-state index contributed by atoms with van der Waals surface area (Å²) in [4.78, 5) is 0.967.